The van der Waals surface area contributed by atoms with E-state index >= 15 is 0 Å². The predicted octanol–water partition coefficient (Wildman–Crippen LogP) is 4.30. The maximum Gasteiger partial charge on any atom is 0.287 e. The van der Waals surface area contributed by atoms with Crippen LogP contribution < -0.4 is 14.8 Å². The van der Waals surface area contributed by atoms with Gasteiger partial charge in [0, 0.05) is 12.0 Å². The summed E-state index contributed by atoms with van der Waals surface area (Å²) in [5, 5.41) is 3.03. The van der Waals surface area contributed by atoms with Gasteiger partial charge in [0.15, 0.2) is 21.9 Å². The van der Waals surface area contributed by atoms with E-state index < -0.39 is 0 Å². The van der Waals surface area contributed by atoms with Crippen molar-refractivity contribution in [2.45, 2.75) is 31.1 Å². The van der Waals surface area contributed by atoms with Crippen LogP contribution in [0.1, 0.15) is 41.8 Å². The summed E-state index contributed by atoms with van der Waals surface area (Å²) in [6.07, 6.45) is 4.36. The highest BCUT2D eigenvalue weighted by molar-refractivity contribution is 9.10. The third-order valence-electron chi connectivity index (χ3n) is 4.94. The van der Waals surface area contributed by atoms with Crippen LogP contribution in [0.5, 0.6) is 11.5 Å². The van der Waals surface area contributed by atoms with Gasteiger partial charge in [-0.1, -0.05) is 18.9 Å². The van der Waals surface area contributed by atoms with Gasteiger partial charge in [-0.05, 0) is 58.6 Å². The first-order chi connectivity index (χ1) is 12.1. The minimum atomic E-state index is -0.197. The Morgan fingerprint density at radius 1 is 1.16 bits per heavy atom. The van der Waals surface area contributed by atoms with Gasteiger partial charge in [0.05, 0.1) is 14.2 Å². The van der Waals surface area contributed by atoms with Crippen molar-refractivity contribution in [1.29, 1.82) is 0 Å². The molecule has 0 radical (unpaired) electrons. The molecular weight excluding hydrogens is 386 g/mol. The van der Waals surface area contributed by atoms with E-state index in [-0.39, 0.29) is 11.3 Å². The Bertz CT molecular complexity index is 750. The summed E-state index contributed by atoms with van der Waals surface area (Å²) in [5.41, 5.74) is 1.09. The molecule has 1 aliphatic carbocycles. The molecule has 1 saturated carbocycles. The van der Waals surface area contributed by atoms with E-state index in [2.05, 4.69) is 27.3 Å². The Kier molecular flexibility index (Phi) is 5.37. The average Bonchev–Trinajstić information content (AvgIpc) is 3.29. The minimum absolute atomic E-state index is 0.0843. The number of carbonyl (C=O) groups excluding carboxylic acids is 1. The number of nitrogens with one attached hydrogen (secondary N) is 1. The quantitative estimate of drug-likeness (QED) is 0.774. The second-order valence-electron chi connectivity index (χ2n) is 6.34. The van der Waals surface area contributed by atoms with Crippen LogP contribution in [0.25, 0.3) is 0 Å². The summed E-state index contributed by atoms with van der Waals surface area (Å²) in [6, 6.07) is 9.41. The number of furan rings is 1. The normalized spacial score (nSPS) is 15.8. The summed E-state index contributed by atoms with van der Waals surface area (Å²) >= 11 is 3.22. The molecule has 6 heteroatoms. The number of ether oxygens (including phenoxy) is 2. The lowest BCUT2D eigenvalue weighted by Crippen LogP contribution is -2.39. The molecule has 0 bridgehead atoms. The number of rotatable bonds is 6. The molecule has 5 nitrogen and oxygen atoms in total. The largest absolute Gasteiger partial charge is 0.493 e. The van der Waals surface area contributed by atoms with Gasteiger partial charge in [0.2, 0.25) is 0 Å². The Hall–Kier alpha value is -1.95. The molecule has 1 aromatic carbocycles. The summed E-state index contributed by atoms with van der Waals surface area (Å²) in [4.78, 5) is 12.3. The van der Waals surface area contributed by atoms with Crippen molar-refractivity contribution in [1.82, 2.24) is 5.32 Å². The maximum atomic E-state index is 12.3. The van der Waals surface area contributed by atoms with Crippen LogP contribution in [-0.2, 0) is 5.41 Å². The van der Waals surface area contributed by atoms with Crippen molar-refractivity contribution in [3.8, 4) is 11.5 Å². The van der Waals surface area contributed by atoms with Crippen molar-refractivity contribution < 1.29 is 18.7 Å². The van der Waals surface area contributed by atoms with E-state index in [4.69, 9.17) is 13.9 Å². The summed E-state index contributed by atoms with van der Waals surface area (Å²) in [6.45, 7) is 0.569. The van der Waals surface area contributed by atoms with Crippen LogP contribution in [0, 0.1) is 0 Å². The fourth-order valence-electron chi connectivity index (χ4n) is 3.56. The van der Waals surface area contributed by atoms with Crippen molar-refractivity contribution in [3.63, 3.8) is 0 Å². The highest BCUT2D eigenvalue weighted by Crippen LogP contribution is 2.43. The first-order valence-electron chi connectivity index (χ1n) is 8.34. The fraction of sp³-hybridized carbons (Fsp3) is 0.421. The van der Waals surface area contributed by atoms with Gasteiger partial charge in [-0.3, -0.25) is 4.79 Å². The van der Waals surface area contributed by atoms with Gasteiger partial charge in [-0.2, -0.15) is 0 Å². The van der Waals surface area contributed by atoms with Crippen LogP contribution in [0.2, 0.25) is 0 Å². The summed E-state index contributed by atoms with van der Waals surface area (Å²) in [5.74, 6) is 1.54. The van der Waals surface area contributed by atoms with Crippen LogP contribution in [-0.4, -0.2) is 26.7 Å². The zero-order valence-corrected chi connectivity index (χ0v) is 16.0. The van der Waals surface area contributed by atoms with Crippen molar-refractivity contribution in [3.05, 3.63) is 46.3 Å². The average molecular weight is 408 g/mol. The number of amides is 1. The van der Waals surface area contributed by atoms with Gasteiger partial charge in [0.25, 0.3) is 5.91 Å². The molecule has 1 aliphatic rings. The first kappa shape index (κ1) is 17.9. The minimum Gasteiger partial charge on any atom is -0.493 e. The van der Waals surface area contributed by atoms with Crippen LogP contribution >= 0.6 is 15.9 Å². The van der Waals surface area contributed by atoms with Crippen molar-refractivity contribution in [2.75, 3.05) is 20.8 Å². The molecule has 2 aromatic rings. The molecular formula is C19H22BrNO4. The molecule has 1 aromatic heterocycles. The van der Waals surface area contributed by atoms with Crippen LogP contribution in [0.15, 0.2) is 39.4 Å². The van der Waals surface area contributed by atoms with E-state index in [1.165, 1.54) is 5.56 Å². The molecule has 0 saturated heterocycles. The molecule has 0 spiro atoms. The third kappa shape index (κ3) is 3.68. The van der Waals surface area contributed by atoms with E-state index in [1.807, 2.05) is 12.1 Å². The maximum absolute atomic E-state index is 12.3. The molecule has 1 amide bonds. The lowest BCUT2D eigenvalue weighted by molar-refractivity contribution is 0.0914. The Balaban J connectivity index is 1.81. The Morgan fingerprint density at radius 2 is 1.88 bits per heavy atom. The van der Waals surface area contributed by atoms with E-state index in [9.17, 15) is 4.79 Å². The van der Waals surface area contributed by atoms with Gasteiger partial charge < -0.3 is 19.2 Å². The second kappa shape index (κ2) is 7.52. The van der Waals surface area contributed by atoms with Crippen molar-refractivity contribution >= 4 is 21.8 Å². The van der Waals surface area contributed by atoms with Crippen LogP contribution in [0.4, 0.5) is 0 Å². The predicted molar refractivity (Wildman–Crippen MR) is 98.4 cm³/mol. The van der Waals surface area contributed by atoms with Gasteiger partial charge in [-0.15, -0.1) is 0 Å². The molecule has 0 atom stereocenters. The number of hydrogen-bond donors (Lipinski definition) is 1. The summed E-state index contributed by atoms with van der Waals surface area (Å²) in [7, 11) is 3.27. The summed E-state index contributed by atoms with van der Waals surface area (Å²) < 4.78 is 16.7. The van der Waals surface area contributed by atoms with Gasteiger partial charge in [0.1, 0.15) is 0 Å². The molecule has 1 fully saturated rings. The highest BCUT2D eigenvalue weighted by atomic mass is 79.9. The standard InChI is InChI=1S/C19H22BrNO4/c1-23-14-6-5-13(11-16(14)24-2)19(9-3-4-10-19)12-21-18(22)15-7-8-17(20)25-15/h5-8,11H,3-4,9-10,12H2,1-2H3,(H,21,22). The van der Waals surface area contributed by atoms with E-state index in [0.717, 1.165) is 25.7 Å². The number of carbonyl (C=O) groups is 1. The lowest BCUT2D eigenvalue weighted by Gasteiger charge is -2.30. The first-order valence-corrected chi connectivity index (χ1v) is 9.13. The van der Waals surface area contributed by atoms with Crippen LogP contribution in [0.3, 0.4) is 0 Å². The zero-order valence-electron chi connectivity index (χ0n) is 14.4. The lowest BCUT2D eigenvalue weighted by atomic mass is 9.78. The molecule has 0 aliphatic heterocycles. The molecule has 3 rings (SSSR count). The molecule has 1 N–H and O–H groups in total. The third-order valence-corrected chi connectivity index (χ3v) is 5.37. The van der Waals surface area contributed by atoms with E-state index in [1.54, 1.807) is 26.4 Å². The topological polar surface area (TPSA) is 60.7 Å². The molecule has 134 valence electrons. The monoisotopic (exact) mass is 407 g/mol. The number of benzene rings is 1. The highest BCUT2D eigenvalue weighted by Gasteiger charge is 2.36. The Labute approximate surface area is 155 Å². The fourth-order valence-corrected chi connectivity index (χ4v) is 3.86. The molecule has 0 unspecified atom stereocenters. The second-order valence-corrected chi connectivity index (χ2v) is 7.13. The number of halogens is 1. The number of hydrogen-bond acceptors (Lipinski definition) is 4. The zero-order chi connectivity index (χ0) is 17.9. The van der Waals surface area contributed by atoms with E-state index in [0.29, 0.717) is 28.5 Å². The van der Waals surface area contributed by atoms with Gasteiger partial charge >= 0.3 is 0 Å². The number of methoxy groups -OCH3 is 2. The molecule has 25 heavy (non-hydrogen) atoms. The Morgan fingerprint density at radius 3 is 2.48 bits per heavy atom. The SMILES string of the molecule is COc1ccc(C2(CNC(=O)c3ccc(Br)o3)CCCC2)cc1OC. The van der Waals surface area contributed by atoms with Crippen molar-refractivity contribution in [2.24, 2.45) is 0 Å². The molecule has 1 heterocycles. The van der Waals surface area contributed by atoms with Gasteiger partial charge in [-0.25, -0.2) is 0 Å². The smallest absolute Gasteiger partial charge is 0.287 e.